The molecule has 0 unspecified atom stereocenters. The molecule has 0 radical (unpaired) electrons. The molecule has 7 heteroatoms. The molecule has 0 aliphatic rings. The summed E-state index contributed by atoms with van der Waals surface area (Å²) in [6.45, 7) is 6.93. The molecule has 29 heavy (non-hydrogen) atoms. The molecule has 0 fully saturated rings. The van der Waals surface area contributed by atoms with Gasteiger partial charge < -0.3 is 20.1 Å². The van der Waals surface area contributed by atoms with E-state index >= 15 is 0 Å². The number of para-hydroxylation sites is 1. The molecule has 2 aromatic rings. The second-order valence-corrected chi connectivity index (χ2v) is 6.61. The van der Waals surface area contributed by atoms with Gasteiger partial charge >= 0.3 is 0 Å². The molecule has 156 valence electrons. The zero-order chi connectivity index (χ0) is 21.2. The fraction of sp³-hybridized carbons (Fsp3) is 0.364. The number of nitrogens with zero attached hydrogens (tertiary/aromatic N) is 1. The third kappa shape index (κ3) is 7.12. The SMILES string of the molecule is CCOc1ccc(NC(=O)CN(C)CC(=O)Nc2ccccc2C)cc1OCC. The van der Waals surface area contributed by atoms with Crippen molar-refractivity contribution in [3.8, 4) is 11.5 Å². The summed E-state index contributed by atoms with van der Waals surface area (Å²) in [6.07, 6.45) is 0. The van der Waals surface area contributed by atoms with Crippen LogP contribution in [0.25, 0.3) is 0 Å². The number of benzene rings is 2. The van der Waals surface area contributed by atoms with E-state index in [4.69, 9.17) is 9.47 Å². The van der Waals surface area contributed by atoms with Crippen molar-refractivity contribution in [2.75, 3.05) is 44.0 Å². The van der Waals surface area contributed by atoms with Crippen LogP contribution in [-0.2, 0) is 9.59 Å². The Morgan fingerprint density at radius 2 is 1.52 bits per heavy atom. The normalized spacial score (nSPS) is 10.5. The Labute approximate surface area is 172 Å². The van der Waals surface area contributed by atoms with Crippen LogP contribution in [0.3, 0.4) is 0 Å². The first-order valence-corrected chi connectivity index (χ1v) is 9.66. The summed E-state index contributed by atoms with van der Waals surface area (Å²) in [7, 11) is 1.72. The van der Waals surface area contributed by atoms with E-state index in [0.29, 0.717) is 30.4 Å². The molecule has 0 heterocycles. The van der Waals surface area contributed by atoms with Gasteiger partial charge in [-0.25, -0.2) is 0 Å². The molecule has 2 rings (SSSR count). The van der Waals surface area contributed by atoms with Gasteiger partial charge in [0.2, 0.25) is 11.8 Å². The fourth-order valence-corrected chi connectivity index (χ4v) is 2.78. The van der Waals surface area contributed by atoms with E-state index in [1.54, 1.807) is 30.1 Å². The van der Waals surface area contributed by atoms with Crippen LogP contribution >= 0.6 is 0 Å². The highest BCUT2D eigenvalue weighted by Gasteiger charge is 2.13. The van der Waals surface area contributed by atoms with Gasteiger partial charge in [0.25, 0.3) is 0 Å². The summed E-state index contributed by atoms with van der Waals surface area (Å²) < 4.78 is 11.1. The molecular weight excluding hydrogens is 370 g/mol. The van der Waals surface area contributed by atoms with Gasteiger partial charge in [0, 0.05) is 17.4 Å². The molecular formula is C22H29N3O4. The van der Waals surface area contributed by atoms with E-state index in [1.807, 2.05) is 45.0 Å². The minimum absolute atomic E-state index is 0.0817. The van der Waals surface area contributed by atoms with Gasteiger partial charge in [-0.1, -0.05) is 18.2 Å². The molecule has 0 saturated heterocycles. The second-order valence-electron chi connectivity index (χ2n) is 6.61. The number of hydrogen-bond donors (Lipinski definition) is 2. The highest BCUT2D eigenvalue weighted by Crippen LogP contribution is 2.30. The average molecular weight is 399 g/mol. The Morgan fingerprint density at radius 1 is 0.897 bits per heavy atom. The lowest BCUT2D eigenvalue weighted by molar-refractivity contribution is -0.119. The van der Waals surface area contributed by atoms with Crippen molar-refractivity contribution >= 4 is 23.2 Å². The predicted octanol–water partition coefficient (Wildman–Crippen LogP) is 3.30. The molecule has 0 aromatic heterocycles. The summed E-state index contributed by atoms with van der Waals surface area (Å²) >= 11 is 0. The van der Waals surface area contributed by atoms with Crippen molar-refractivity contribution in [3.05, 3.63) is 48.0 Å². The van der Waals surface area contributed by atoms with Gasteiger partial charge in [0.05, 0.1) is 26.3 Å². The number of likely N-dealkylation sites (N-methyl/N-ethyl adjacent to an activating group) is 1. The van der Waals surface area contributed by atoms with Crippen molar-refractivity contribution in [3.63, 3.8) is 0 Å². The van der Waals surface area contributed by atoms with Crippen LogP contribution in [-0.4, -0.2) is 50.1 Å². The number of ether oxygens (including phenoxy) is 2. The summed E-state index contributed by atoms with van der Waals surface area (Å²) in [6, 6.07) is 12.8. The zero-order valence-corrected chi connectivity index (χ0v) is 17.5. The molecule has 0 spiro atoms. The molecule has 0 atom stereocenters. The third-order valence-corrected chi connectivity index (χ3v) is 4.07. The van der Waals surface area contributed by atoms with Gasteiger partial charge in [-0.3, -0.25) is 14.5 Å². The van der Waals surface area contributed by atoms with E-state index < -0.39 is 0 Å². The first kappa shape index (κ1) is 22.2. The van der Waals surface area contributed by atoms with Crippen LogP contribution in [0.5, 0.6) is 11.5 Å². The topological polar surface area (TPSA) is 79.9 Å². The number of nitrogens with one attached hydrogen (secondary N) is 2. The van der Waals surface area contributed by atoms with E-state index in [0.717, 1.165) is 11.3 Å². The van der Waals surface area contributed by atoms with Crippen LogP contribution in [0.4, 0.5) is 11.4 Å². The van der Waals surface area contributed by atoms with Crippen LogP contribution in [0.1, 0.15) is 19.4 Å². The van der Waals surface area contributed by atoms with E-state index in [-0.39, 0.29) is 24.9 Å². The van der Waals surface area contributed by atoms with Crippen molar-refractivity contribution in [2.45, 2.75) is 20.8 Å². The van der Waals surface area contributed by atoms with Crippen LogP contribution in [0, 0.1) is 6.92 Å². The Morgan fingerprint density at radius 3 is 2.17 bits per heavy atom. The van der Waals surface area contributed by atoms with Gasteiger partial charge in [0.1, 0.15) is 0 Å². The predicted molar refractivity (Wildman–Crippen MR) is 115 cm³/mol. The zero-order valence-electron chi connectivity index (χ0n) is 17.5. The van der Waals surface area contributed by atoms with E-state index in [2.05, 4.69) is 10.6 Å². The first-order valence-electron chi connectivity index (χ1n) is 9.66. The van der Waals surface area contributed by atoms with Crippen LogP contribution in [0.15, 0.2) is 42.5 Å². The van der Waals surface area contributed by atoms with Gasteiger partial charge in [-0.15, -0.1) is 0 Å². The van der Waals surface area contributed by atoms with Crippen molar-refractivity contribution in [1.82, 2.24) is 4.90 Å². The number of aryl methyl sites for hydroxylation is 1. The number of carbonyl (C=O) groups is 2. The second kappa shape index (κ2) is 11.1. The molecule has 0 bridgehead atoms. The lowest BCUT2D eigenvalue weighted by Gasteiger charge is -2.17. The molecule has 2 amide bonds. The number of carbonyl (C=O) groups excluding carboxylic acids is 2. The lowest BCUT2D eigenvalue weighted by Crippen LogP contribution is -2.36. The lowest BCUT2D eigenvalue weighted by atomic mass is 10.2. The number of anilines is 2. The molecule has 2 N–H and O–H groups in total. The number of hydrogen-bond acceptors (Lipinski definition) is 5. The standard InChI is InChI=1S/C22H29N3O4/c1-5-28-19-12-11-17(13-20(19)29-6-2)23-21(26)14-25(4)15-22(27)24-18-10-8-7-9-16(18)3/h7-13H,5-6,14-15H2,1-4H3,(H,23,26)(H,24,27). The van der Waals surface area contributed by atoms with Gasteiger partial charge in [-0.05, 0) is 51.6 Å². The minimum Gasteiger partial charge on any atom is -0.490 e. The maximum Gasteiger partial charge on any atom is 0.238 e. The summed E-state index contributed by atoms with van der Waals surface area (Å²) in [5.41, 5.74) is 2.37. The van der Waals surface area contributed by atoms with Crippen molar-refractivity contribution < 1.29 is 19.1 Å². The Bertz CT molecular complexity index is 839. The van der Waals surface area contributed by atoms with Crippen molar-refractivity contribution in [2.24, 2.45) is 0 Å². The highest BCUT2D eigenvalue weighted by molar-refractivity contribution is 5.95. The quantitative estimate of drug-likeness (QED) is 0.641. The van der Waals surface area contributed by atoms with Crippen molar-refractivity contribution in [1.29, 1.82) is 0 Å². The fourth-order valence-electron chi connectivity index (χ4n) is 2.78. The monoisotopic (exact) mass is 399 g/mol. The maximum atomic E-state index is 12.3. The largest absolute Gasteiger partial charge is 0.490 e. The molecule has 0 saturated carbocycles. The molecule has 0 aliphatic carbocycles. The first-order chi connectivity index (χ1) is 13.9. The summed E-state index contributed by atoms with van der Waals surface area (Å²) in [5, 5.41) is 5.69. The Hall–Kier alpha value is -3.06. The third-order valence-electron chi connectivity index (χ3n) is 4.07. The molecule has 0 aliphatic heterocycles. The molecule has 7 nitrogen and oxygen atoms in total. The van der Waals surface area contributed by atoms with E-state index in [9.17, 15) is 9.59 Å². The molecule has 2 aromatic carbocycles. The Kier molecular flexibility index (Phi) is 8.48. The smallest absolute Gasteiger partial charge is 0.238 e. The maximum absolute atomic E-state index is 12.3. The summed E-state index contributed by atoms with van der Waals surface area (Å²) in [5.74, 6) is 0.826. The summed E-state index contributed by atoms with van der Waals surface area (Å²) in [4.78, 5) is 26.2. The van der Waals surface area contributed by atoms with Gasteiger partial charge in [-0.2, -0.15) is 0 Å². The highest BCUT2D eigenvalue weighted by atomic mass is 16.5. The Balaban J connectivity index is 1.88. The minimum atomic E-state index is -0.220. The average Bonchev–Trinajstić information content (AvgIpc) is 2.65. The van der Waals surface area contributed by atoms with Gasteiger partial charge in [0.15, 0.2) is 11.5 Å². The van der Waals surface area contributed by atoms with Crippen LogP contribution < -0.4 is 20.1 Å². The van der Waals surface area contributed by atoms with Crippen LogP contribution in [0.2, 0.25) is 0 Å². The number of amides is 2. The number of rotatable bonds is 10. The van der Waals surface area contributed by atoms with E-state index in [1.165, 1.54) is 0 Å².